The Bertz CT molecular complexity index is 424. The smallest absolute Gasteiger partial charge is 0.224 e. The van der Waals surface area contributed by atoms with E-state index in [9.17, 15) is 9.90 Å². The summed E-state index contributed by atoms with van der Waals surface area (Å²) in [6, 6.07) is 3.55. The highest BCUT2D eigenvalue weighted by molar-refractivity contribution is 5.94. The van der Waals surface area contributed by atoms with Crippen molar-refractivity contribution in [2.75, 3.05) is 5.32 Å². The van der Waals surface area contributed by atoms with E-state index < -0.39 is 0 Å². The van der Waals surface area contributed by atoms with E-state index in [0.717, 1.165) is 16.8 Å². The average molecular weight is 203 g/mol. The van der Waals surface area contributed by atoms with E-state index in [4.69, 9.17) is 0 Å². The van der Waals surface area contributed by atoms with Crippen LogP contribution in [0.4, 0.5) is 5.69 Å². The fraction of sp³-hybridized carbons (Fsp3) is 0.250. The lowest BCUT2D eigenvalue weighted by Crippen LogP contribution is -2.19. The van der Waals surface area contributed by atoms with Crippen LogP contribution in [0.15, 0.2) is 24.8 Å². The minimum absolute atomic E-state index is 0.0396. The number of amides is 1. The molecule has 2 N–H and O–H groups in total. The average Bonchev–Trinajstić information content (AvgIpc) is 2.20. The number of anilines is 1. The number of hydrogen-bond donors (Lipinski definition) is 2. The molecule has 78 valence electrons. The monoisotopic (exact) mass is 203 g/mol. The van der Waals surface area contributed by atoms with Crippen molar-refractivity contribution in [2.24, 2.45) is 0 Å². The van der Waals surface area contributed by atoms with Crippen molar-refractivity contribution in [1.29, 1.82) is 0 Å². The van der Waals surface area contributed by atoms with Gasteiger partial charge in [-0.25, -0.2) is 0 Å². The van der Waals surface area contributed by atoms with Crippen LogP contribution in [0.5, 0.6) is 5.75 Å². The van der Waals surface area contributed by atoms with Gasteiger partial charge < -0.3 is 10.4 Å². The summed E-state index contributed by atoms with van der Waals surface area (Å²) in [6.07, 6.45) is 3.53. The Labute approximate surface area is 88.4 Å². The van der Waals surface area contributed by atoms with E-state index in [2.05, 4.69) is 11.9 Å². The normalized spacial score (nSPS) is 14.3. The molecule has 0 spiro atoms. The second-order valence-corrected chi connectivity index (χ2v) is 3.68. The number of carbonyl (C=O) groups excluding carboxylic acids is 1. The van der Waals surface area contributed by atoms with Crippen LogP contribution in [0.2, 0.25) is 0 Å². The molecule has 0 atom stereocenters. The first-order valence-electron chi connectivity index (χ1n) is 4.96. The summed E-state index contributed by atoms with van der Waals surface area (Å²) in [5.74, 6) is 0.322. The van der Waals surface area contributed by atoms with Gasteiger partial charge in [0.05, 0.1) is 0 Å². The SMILES string of the molecule is C=CCc1cc2c(cc1O)CCC(=O)N2. The Kier molecular flexibility index (Phi) is 2.46. The molecule has 1 heterocycles. The topological polar surface area (TPSA) is 49.3 Å². The van der Waals surface area contributed by atoms with E-state index in [1.54, 1.807) is 12.1 Å². The largest absolute Gasteiger partial charge is 0.508 e. The number of aromatic hydroxyl groups is 1. The second kappa shape index (κ2) is 3.77. The molecule has 1 aromatic rings. The molecule has 1 amide bonds. The Morgan fingerprint density at radius 1 is 1.47 bits per heavy atom. The number of phenols is 1. The van der Waals surface area contributed by atoms with Gasteiger partial charge in [-0.3, -0.25) is 4.79 Å². The summed E-state index contributed by atoms with van der Waals surface area (Å²) in [4.78, 5) is 11.2. The number of fused-ring (bicyclic) bond motifs is 1. The molecule has 0 saturated carbocycles. The summed E-state index contributed by atoms with van der Waals surface area (Å²) < 4.78 is 0. The molecule has 3 heteroatoms. The Balaban J connectivity index is 2.42. The second-order valence-electron chi connectivity index (χ2n) is 3.68. The Hall–Kier alpha value is -1.77. The van der Waals surface area contributed by atoms with Crippen LogP contribution in [-0.2, 0) is 17.6 Å². The molecule has 1 aliphatic rings. The van der Waals surface area contributed by atoms with Crippen molar-refractivity contribution in [2.45, 2.75) is 19.3 Å². The summed E-state index contributed by atoms with van der Waals surface area (Å²) in [6.45, 7) is 3.63. The predicted molar refractivity (Wildman–Crippen MR) is 59.0 cm³/mol. The standard InChI is InChI=1S/C12H13NO2/c1-2-3-9-6-10-8(7-11(9)14)4-5-12(15)13-10/h2,6-7,14H,1,3-5H2,(H,13,15). The molecule has 1 aliphatic heterocycles. The molecule has 0 aliphatic carbocycles. The summed E-state index contributed by atoms with van der Waals surface area (Å²) >= 11 is 0. The number of aryl methyl sites for hydroxylation is 1. The van der Waals surface area contributed by atoms with Crippen LogP contribution >= 0.6 is 0 Å². The molecule has 0 radical (unpaired) electrons. The van der Waals surface area contributed by atoms with Crippen LogP contribution in [0.1, 0.15) is 17.5 Å². The quantitative estimate of drug-likeness (QED) is 0.570. The molecule has 0 fully saturated rings. The predicted octanol–water partition coefficient (Wildman–Crippen LogP) is 2.01. The van der Waals surface area contributed by atoms with Gasteiger partial charge >= 0.3 is 0 Å². The maximum absolute atomic E-state index is 11.2. The minimum Gasteiger partial charge on any atom is -0.508 e. The number of rotatable bonds is 2. The van der Waals surface area contributed by atoms with Gasteiger partial charge in [-0.1, -0.05) is 6.08 Å². The Morgan fingerprint density at radius 2 is 2.27 bits per heavy atom. The number of allylic oxidation sites excluding steroid dienone is 1. The summed E-state index contributed by atoms with van der Waals surface area (Å²) in [5.41, 5.74) is 2.62. The van der Waals surface area contributed by atoms with E-state index in [-0.39, 0.29) is 11.7 Å². The molecule has 3 nitrogen and oxygen atoms in total. The fourth-order valence-electron chi connectivity index (χ4n) is 1.78. The number of hydrogen-bond acceptors (Lipinski definition) is 2. The van der Waals surface area contributed by atoms with Crippen molar-refractivity contribution < 1.29 is 9.90 Å². The van der Waals surface area contributed by atoms with Gasteiger partial charge in [0.1, 0.15) is 5.75 Å². The molecule has 0 aromatic heterocycles. The van der Waals surface area contributed by atoms with Gasteiger partial charge in [-0.2, -0.15) is 0 Å². The third-order valence-corrected chi connectivity index (χ3v) is 2.56. The van der Waals surface area contributed by atoms with E-state index in [0.29, 0.717) is 19.3 Å². The van der Waals surface area contributed by atoms with Crippen molar-refractivity contribution in [1.82, 2.24) is 0 Å². The first-order valence-corrected chi connectivity index (χ1v) is 4.96. The Morgan fingerprint density at radius 3 is 3.00 bits per heavy atom. The van der Waals surface area contributed by atoms with Crippen LogP contribution in [0.3, 0.4) is 0 Å². The summed E-state index contributed by atoms with van der Waals surface area (Å²) in [5, 5.41) is 12.5. The van der Waals surface area contributed by atoms with Crippen molar-refractivity contribution in [3.8, 4) is 5.75 Å². The zero-order valence-corrected chi connectivity index (χ0v) is 8.42. The molecule has 0 unspecified atom stereocenters. The third-order valence-electron chi connectivity index (χ3n) is 2.56. The lowest BCUT2D eigenvalue weighted by atomic mass is 9.99. The van der Waals surface area contributed by atoms with Crippen molar-refractivity contribution in [3.63, 3.8) is 0 Å². The number of carbonyl (C=O) groups is 1. The van der Waals surface area contributed by atoms with Gasteiger partial charge in [0.2, 0.25) is 5.91 Å². The van der Waals surface area contributed by atoms with Gasteiger partial charge in [0, 0.05) is 12.1 Å². The maximum Gasteiger partial charge on any atom is 0.224 e. The minimum atomic E-state index is 0.0396. The van der Waals surface area contributed by atoms with Gasteiger partial charge in [-0.15, -0.1) is 6.58 Å². The molecular formula is C12H13NO2. The van der Waals surface area contributed by atoms with Crippen molar-refractivity contribution >= 4 is 11.6 Å². The first-order chi connectivity index (χ1) is 7.20. The van der Waals surface area contributed by atoms with E-state index >= 15 is 0 Å². The fourth-order valence-corrected chi connectivity index (χ4v) is 1.78. The zero-order chi connectivity index (χ0) is 10.8. The van der Waals surface area contributed by atoms with Crippen LogP contribution < -0.4 is 5.32 Å². The van der Waals surface area contributed by atoms with Crippen molar-refractivity contribution in [3.05, 3.63) is 35.9 Å². The lowest BCUT2D eigenvalue weighted by molar-refractivity contribution is -0.116. The van der Waals surface area contributed by atoms with E-state index in [1.165, 1.54) is 0 Å². The third kappa shape index (κ3) is 1.86. The van der Waals surface area contributed by atoms with Gasteiger partial charge in [0.25, 0.3) is 0 Å². The molecule has 0 bridgehead atoms. The molecule has 0 saturated heterocycles. The highest BCUT2D eigenvalue weighted by Crippen LogP contribution is 2.30. The van der Waals surface area contributed by atoms with Crippen LogP contribution in [0, 0.1) is 0 Å². The highest BCUT2D eigenvalue weighted by Gasteiger charge is 2.16. The van der Waals surface area contributed by atoms with Gasteiger partial charge in [0.15, 0.2) is 0 Å². The molecule has 1 aromatic carbocycles. The number of phenolic OH excluding ortho intramolecular Hbond substituents is 1. The van der Waals surface area contributed by atoms with Crippen LogP contribution in [0.25, 0.3) is 0 Å². The zero-order valence-electron chi connectivity index (χ0n) is 8.42. The summed E-state index contributed by atoms with van der Waals surface area (Å²) in [7, 11) is 0. The number of nitrogens with one attached hydrogen (secondary N) is 1. The van der Waals surface area contributed by atoms with Crippen LogP contribution in [-0.4, -0.2) is 11.0 Å². The molecule has 2 rings (SSSR count). The number of benzene rings is 1. The first kappa shape index (κ1) is 9.77. The molecule has 15 heavy (non-hydrogen) atoms. The highest BCUT2D eigenvalue weighted by atomic mass is 16.3. The van der Waals surface area contributed by atoms with E-state index in [1.807, 2.05) is 6.07 Å². The maximum atomic E-state index is 11.2. The lowest BCUT2D eigenvalue weighted by Gasteiger charge is -2.18. The molecular weight excluding hydrogens is 190 g/mol. The van der Waals surface area contributed by atoms with Gasteiger partial charge in [-0.05, 0) is 36.1 Å².